The third kappa shape index (κ3) is 3.25. The molecule has 3 heteroatoms. The molecule has 0 unspecified atom stereocenters. The summed E-state index contributed by atoms with van der Waals surface area (Å²) in [5.74, 6) is 0.163. The van der Waals surface area contributed by atoms with Gasteiger partial charge in [-0.2, -0.15) is 0 Å². The van der Waals surface area contributed by atoms with Gasteiger partial charge in [-0.05, 0) is 18.6 Å². The molecule has 0 heterocycles. The Morgan fingerprint density at radius 3 is 2.50 bits per heavy atom. The van der Waals surface area contributed by atoms with Crippen LogP contribution in [0.5, 0.6) is 5.75 Å². The summed E-state index contributed by atoms with van der Waals surface area (Å²) < 4.78 is 0. The predicted octanol–water partition coefficient (Wildman–Crippen LogP) is 3.64. The van der Waals surface area contributed by atoms with E-state index in [1.807, 2.05) is 12.1 Å². The number of nitrogens with one attached hydrogen (secondary N) is 1. The fourth-order valence-corrected chi connectivity index (χ4v) is 1.94. The molecule has 2 N–H and O–H groups in total. The van der Waals surface area contributed by atoms with Gasteiger partial charge in [-0.15, -0.1) is 0 Å². The van der Waals surface area contributed by atoms with Crippen LogP contribution in [0.3, 0.4) is 0 Å². The van der Waals surface area contributed by atoms with Crippen LogP contribution in [0.15, 0.2) is 42.5 Å². The van der Waals surface area contributed by atoms with Gasteiger partial charge in [0, 0.05) is 18.7 Å². The maximum Gasteiger partial charge on any atom is 0.138 e. The van der Waals surface area contributed by atoms with Gasteiger partial charge in [0.05, 0.1) is 5.02 Å². The van der Waals surface area contributed by atoms with Gasteiger partial charge in [-0.1, -0.05) is 53.6 Å². The highest BCUT2D eigenvalue weighted by Crippen LogP contribution is 2.26. The summed E-state index contributed by atoms with van der Waals surface area (Å²) in [5, 5.41) is 13.4. The lowest BCUT2D eigenvalue weighted by Crippen LogP contribution is -2.12. The molecule has 0 atom stereocenters. The molecule has 0 aromatic heterocycles. The predicted molar refractivity (Wildman–Crippen MR) is 74.8 cm³/mol. The molecule has 2 rings (SSSR count). The number of benzene rings is 2. The lowest BCUT2D eigenvalue weighted by molar-refractivity contribution is 0.464. The average Bonchev–Trinajstić information content (AvgIpc) is 2.37. The van der Waals surface area contributed by atoms with E-state index in [2.05, 4.69) is 36.5 Å². The zero-order chi connectivity index (χ0) is 13.0. The Morgan fingerprint density at radius 1 is 1.06 bits per heavy atom. The molecule has 0 saturated heterocycles. The van der Waals surface area contributed by atoms with Gasteiger partial charge in [-0.25, -0.2) is 0 Å². The van der Waals surface area contributed by atoms with Crippen LogP contribution in [0.2, 0.25) is 5.02 Å². The molecular weight excluding hydrogens is 246 g/mol. The first-order chi connectivity index (χ1) is 8.66. The summed E-state index contributed by atoms with van der Waals surface area (Å²) in [6, 6.07) is 13.8. The summed E-state index contributed by atoms with van der Waals surface area (Å²) in [5.41, 5.74) is 3.29. The van der Waals surface area contributed by atoms with Crippen molar-refractivity contribution in [2.45, 2.75) is 20.0 Å². The van der Waals surface area contributed by atoms with E-state index in [1.54, 1.807) is 6.07 Å². The minimum Gasteiger partial charge on any atom is -0.506 e. The Kier molecular flexibility index (Phi) is 4.24. The van der Waals surface area contributed by atoms with E-state index < -0.39 is 0 Å². The van der Waals surface area contributed by atoms with Gasteiger partial charge in [0.2, 0.25) is 0 Å². The molecule has 0 amide bonds. The van der Waals surface area contributed by atoms with E-state index in [1.165, 1.54) is 11.1 Å². The molecule has 2 aromatic carbocycles. The van der Waals surface area contributed by atoms with E-state index >= 15 is 0 Å². The molecule has 2 aromatic rings. The summed E-state index contributed by atoms with van der Waals surface area (Å²) >= 11 is 5.85. The first kappa shape index (κ1) is 12.9. The number of hydrogen-bond acceptors (Lipinski definition) is 2. The number of rotatable bonds is 4. The third-order valence-electron chi connectivity index (χ3n) is 2.84. The van der Waals surface area contributed by atoms with Crippen LogP contribution in [0.4, 0.5) is 0 Å². The fraction of sp³-hybridized carbons (Fsp3) is 0.200. The van der Waals surface area contributed by atoms with Gasteiger partial charge < -0.3 is 10.4 Å². The van der Waals surface area contributed by atoms with Crippen molar-refractivity contribution < 1.29 is 5.11 Å². The van der Waals surface area contributed by atoms with Crippen LogP contribution in [-0.4, -0.2) is 5.11 Å². The molecule has 0 fully saturated rings. The second-order valence-electron chi connectivity index (χ2n) is 4.34. The van der Waals surface area contributed by atoms with Crippen LogP contribution in [0, 0.1) is 6.92 Å². The molecule has 94 valence electrons. The van der Waals surface area contributed by atoms with Crippen LogP contribution in [-0.2, 0) is 13.1 Å². The van der Waals surface area contributed by atoms with Crippen LogP contribution >= 0.6 is 11.6 Å². The highest BCUT2D eigenvalue weighted by Gasteiger charge is 2.04. The van der Waals surface area contributed by atoms with Gasteiger partial charge >= 0.3 is 0 Å². The minimum absolute atomic E-state index is 0.163. The van der Waals surface area contributed by atoms with Crippen LogP contribution in [0.1, 0.15) is 16.7 Å². The molecule has 0 spiro atoms. The quantitative estimate of drug-likeness (QED) is 0.881. The van der Waals surface area contributed by atoms with Gasteiger partial charge in [0.25, 0.3) is 0 Å². The first-order valence-corrected chi connectivity index (χ1v) is 6.27. The number of aryl methyl sites for hydroxylation is 1. The van der Waals surface area contributed by atoms with Gasteiger partial charge in [-0.3, -0.25) is 0 Å². The van der Waals surface area contributed by atoms with Crippen molar-refractivity contribution in [2.24, 2.45) is 0 Å². The molecule has 0 aliphatic rings. The van der Waals surface area contributed by atoms with Crippen molar-refractivity contribution in [3.05, 3.63) is 64.2 Å². The highest BCUT2D eigenvalue weighted by molar-refractivity contribution is 6.32. The SMILES string of the molecule is Cc1ccc(CNCc2cccc(Cl)c2O)cc1. The summed E-state index contributed by atoms with van der Waals surface area (Å²) in [6.07, 6.45) is 0. The minimum atomic E-state index is 0.163. The van der Waals surface area contributed by atoms with E-state index in [4.69, 9.17) is 11.6 Å². The van der Waals surface area contributed by atoms with Crippen LogP contribution < -0.4 is 5.32 Å². The Bertz CT molecular complexity index is 523. The molecular formula is C15H16ClNO. The van der Waals surface area contributed by atoms with E-state index in [0.717, 1.165) is 12.1 Å². The van der Waals surface area contributed by atoms with Gasteiger partial charge in [0.15, 0.2) is 0 Å². The van der Waals surface area contributed by atoms with E-state index in [-0.39, 0.29) is 5.75 Å². The average molecular weight is 262 g/mol. The van der Waals surface area contributed by atoms with Crippen LogP contribution in [0.25, 0.3) is 0 Å². The summed E-state index contributed by atoms with van der Waals surface area (Å²) in [7, 11) is 0. The zero-order valence-corrected chi connectivity index (χ0v) is 11.0. The highest BCUT2D eigenvalue weighted by atomic mass is 35.5. The zero-order valence-electron chi connectivity index (χ0n) is 10.3. The number of phenols is 1. The largest absolute Gasteiger partial charge is 0.506 e. The molecule has 0 radical (unpaired) electrons. The Morgan fingerprint density at radius 2 is 1.78 bits per heavy atom. The monoisotopic (exact) mass is 261 g/mol. The van der Waals surface area contributed by atoms with Crippen molar-refractivity contribution >= 4 is 11.6 Å². The molecule has 2 nitrogen and oxygen atoms in total. The Hall–Kier alpha value is -1.51. The van der Waals surface area contributed by atoms with Crippen molar-refractivity contribution in [1.29, 1.82) is 0 Å². The molecule has 0 saturated carbocycles. The Labute approximate surface area is 112 Å². The number of aromatic hydroxyl groups is 1. The smallest absolute Gasteiger partial charge is 0.138 e. The normalized spacial score (nSPS) is 10.6. The molecule has 0 aliphatic heterocycles. The second-order valence-corrected chi connectivity index (χ2v) is 4.74. The van der Waals surface area contributed by atoms with E-state index in [9.17, 15) is 5.11 Å². The lowest BCUT2D eigenvalue weighted by Gasteiger charge is -2.08. The number of halogens is 1. The van der Waals surface area contributed by atoms with Crippen molar-refractivity contribution in [2.75, 3.05) is 0 Å². The summed E-state index contributed by atoms with van der Waals surface area (Å²) in [4.78, 5) is 0. The maximum absolute atomic E-state index is 9.76. The maximum atomic E-state index is 9.76. The summed E-state index contributed by atoms with van der Waals surface area (Å²) in [6.45, 7) is 3.44. The fourth-order valence-electron chi connectivity index (χ4n) is 1.75. The molecule has 0 bridgehead atoms. The second kappa shape index (κ2) is 5.89. The van der Waals surface area contributed by atoms with Gasteiger partial charge in [0.1, 0.15) is 5.75 Å². The topological polar surface area (TPSA) is 32.3 Å². The first-order valence-electron chi connectivity index (χ1n) is 5.89. The lowest BCUT2D eigenvalue weighted by atomic mass is 10.1. The molecule has 18 heavy (non-hydrogen) atoms. The number of hydrogen-bond donors (Lipinski definition) is 2. The van der Waals surface area contributed by atoms with Crippen molar-refractivity contribution in [1.82, 2.24) is 5.32 Å². The molecule has 0 aliphatic carbocycles. The number of phenolic OH excluding ortho intramolecular Hbond substituents is 1. The Balaban J connectivity index is 1.92. The van der Waals surface area contributed by atoms with E-state index in [0.29, 0.717) is 11.6 Å². The number of para-hydroxylation sites is 1. The third-order valence-corrected chi connectivity index (χ3v) is 3.14. The van der Waals surface area contributed by atoms with Crippen molar-refractivity contribution in [3.8, 4) is 5.75 Å². The standard InChI is InChI=1S/C15H16ClNO/c1-11-5-7-12(8-6-11)9-17-10-13-3-2-4-14(16)15(13)18/h2-8,17-18H,9-10H2,1H3. The van der Waals surface area contributed by atoms with Crippen molar-refractivity contribution in [3.63, 3.8) is 0 Å².